The first-order valence-electron chi connectivity index (χ1n) is 8.76. The Bertz CT molecular complexity index is 1080. The Hall–Kier alpha value is -3.00. The summed E-state index contributed by atoms with van der Waals surface area (Å²) in [6.07, 6.45) is 0.837. The number of ether oxygens (including phenoxy) is 1. The van der Waals surface area contributed by atoms with E-state index in [-0.39, 0.29) is 16.9 Å². The van der Waals surface area contributed by atoms with Gasteiger partial charge in [0.15, 0.2) is 6.10 Å². The van der Waals surface area contributed by atoms with Gasteiger partial charge in [-0.25, -0.2) is 9.18 Å². The molecule has 0 bridgehead atoms. The Labute approximate surface area is 164 Å². The SMILES string of the molecule is C[C@@H](OC(=O)c1c(O)cnc2ccc(F)cc12)C(=O)N1CCc2sccc2C1. The molecule has 4 rings (SSSR count). The maximum atomic E-state index is 13.6. The third-order valence-corrected chi connectivity index (χ3v) is 5.79. The van der Waals surface area contributed by atoms with E-state index < -0.39 is 23.6 Å². The van der Waals surface area contributed by atoms with Crippen molar-refractivity contribution in [2.45, 2.75) is 26.0 Å². The molecule has 1 atom stereocenters. The minimum atomic E-state index is -1.04. The Morgan fingerprint density at radius 2 is 2.18 bits per heavy atom. The Morgan fingerprint density at radius 1 is 1.36 bits per heavy atom. The number of hydrogen-bond acceptors (Lipinski definition) is 6. The Morgan fingerprint density at radius 3 is 3.00 bits per heavy atom. The van der Waals surface area contributed by atoms with Crippen molar-refractivity contribution in [3.8, 4) is 5.75 Å². The summed E-state index contributed by atoms with van der Waals surface area (Å²) in [5.41, 5.74) is 1.24. The smallest absolute Gasteiger partial charge is 0.343 e. The van der Waals surface area contributed by atoms with Crippen LogP contribution in [-0.4, -0.2) is 39.5 Å². The molecular weight excluding hydrogens is 383 g/mol. The molecule has 1 amide bonds. The molecule has 0 spiro atoms. The number of carbonyl (C=O) groups is 2. The van der Waals surface area contributed by atoms with Crippen LogP contribution in [0.4, 0.5) is 4.39 Å². The first-order valence-corrected chi connectivity index (χ1v) is 9.64. The van der Waals surface area contributed by atoms with Gasteiger partial charge in [0.25, 0.3) is 5.91 Å². The van der Waals surface area contributed by atoms with Crippen LogP contribution >= 0.6 is 11.3 Å². The summed E-state index contributed by atoms with van der Waals surface area (Å²) in [4.78, 5) is 32.2. The van der Waals surface area contributed by atoms with Crippen LogP contribution in [0.3, 0.4) is 0 Å². The lowest BCUT2D eigenvalue weighted by molar-refractivity contribution is -0.140. The molecular formula is C20H17FN2O4S. The second-order valence-corrected chi connectivity index (χ2v) is 7.61. The second-order valence-electron chi connectivity index (χ2n) is 6.61. The van der Waals surface area contributed by atoms with E-state index in [0.29, 0.717) is 18.6 Å². The standard InChI is InChI=1S/C20H17FN2O4S/c1-11(19(25)23-6-4-17-12(10-23)5-7-28-17)27-20(26)18-14-8-13(21)2-3-15(14)22-9-16(18)24/h2-3,5,7-9,11,24H,4,6,10H2,1H3/t11-/m1/s1. The van der Waals surface area contributed by atoms with Crippen LogP contribution in [0, 0.1) is 5.82 Å². The molecule has 2 aromatic heterocycles. The van der Waals surface area contributed by atoms with E-state index in [4.69, 9.17) is 4.74 Å². The topological polar surface area (TPSA) is 79.7 Å². The van der Waals surface area contributed by atoms with Crippen molar-refractivity contribution in [1.82, 2.24) is 9.88 Å². The molecule has 0 radical (unpaired) electrons. The molecule has 8 heteroatoms. The van der Waals surface area contributed by atoms with Crippen LogP contribution in [0.5, 0.6) is 5.75 Å². The molecule has 0 fully saturated rings. The van der Waals surface area contributed by atoms with Gasteiger partial charge in [-0.15, -0.1) is 11.3 Å². The lowest BCUT2D eigenvalue weighted by Crippen LogP contribution is -2.42. The van der Waals surface area contributed by atoms with E-state index in [0.717, 1.165) is 24.2 Å². The number of hydrogen-bond donors (Lipinski definition) is 1. The van der Waals surface area contributed by atoms with E-state index in [1.807, 2.05) is 11.4 Å². The fraction of sp³-hybridized carbons (Fsp3) is 0.250. The van der Waals surface area contributed by atoms with Gasteiger partial charge in [-0.3, -0.25) is 9.78 Å². The van der Waals surface area contributed by atoms with Gasteiger partial charge in [0.1, 0.15) is 17.1 Å². The van der Waals surface area contributed by atoms with E-state index in [9.17, 15) is 19.1 Å². The van der Waals surface area contributed by atoms with Gasteiger partial charge in [-0.05, 0) is 48.6 Å². The number of aromatic hydroxyl groups is 1. The number of amides is 1. The van der Waals surface area contributed by atoms with Gasteiger partial charge in [0, 0.05) is 23.4 Å². The highest BCUT2D eigenvalue weighted by molar-refractivity contribution is 7.10. The number of aromatic nitrogens is 1. The van der Waals surface area contributed by atoms with Crippen molar-refractivity contribution >= 4 is 34.1 Å². The van der Waals surface area contributed by atoms with Gasteiger partial charge in [-0.1, -0.05) is 0 Å². The number of benzene rings is 1. The lowest BCUT2D eigenvalue weighted by atomic mass is 10.1. The normalized spacial score (nSPS) is 14.6. The van der Waals surface area contributed by atoms with Crippen molar-refractivity contribution in [2.75, 3.05) is 6.54 Å². The van der Waals surface area contributed by atoms with E-state index in [2.05, 4.69) is 4.98 Å². The summed E-state index contributed by atoms with van der Waals surface area (Å²) in [6, 6.07) is 5.71. The molecule has 28 heavy (non-hydrogen) atoms. The minimum absolute atomic E-state index is 0.130. The average molecular weight is 400 g/mol. The van der Waals surface area contributed by atoms with Crippen molar-refractivity contribution in [3.63, 3.8) is 0 Å². The van der Waals surface area contributed by atoms with Crippen LogP contribution < -0.4 is 0 Å². The number of nitrogens with zero attached hydrogens (tertiary/aromatic N) is 2. The number of rotatable bonds is 3. The Kier molecular flexibility index (Phi) is 4.72. The van der Waals surface area contributed by atoms with Crippen molar-refractivity contribution in [1.29, 1.82) is 0 Å². The van der Waals surface area contributed by atoms with Crippen molar-refractivity contribution in [2.24, 2.45) is 0 Å². The summed E-state index contributed by atoms with van der Waals surface area (Å²) in [7, 11) is 0. The zero-order valence-corrected chi connectivity index (χ0v) is 15.8. The molecule has 1 aliphatic rings. The highest BCUT2D eigenvalue weighted by atomic mass is 32.1. The molecule has 0 saturated heterocycles. The molecule has 1 aliphatic heterocycles. The summed E-state index contributed by atoms with van der Waals surface area (Å²) >= 11 is 1.67. The van der Waals surface area contributed by atoms with Crippen LogP contribution in [-0.2, 0) is 22.5 Å². The molecule has 3 aromatic rings. The van der Waals surface area contributed by atoms with E-state index in [1.54, 1.807) is 16.2 Å². The maximum absolute atomic E-state index is 13.6. The monoisotopic (exact) mass is 400 g/mol. The predicted octanol–water partition coefficient (Wildman–Crippen LogP) is 3.27. The number of halogens is 1. The van der Waals surface area contributed by atoms with Crippen molar-refractivity contribution < 1.29 is 23.8 Å². The first kappa shape index (κ1) is 18.4. The molecule has 1 N–H and O–H groups in total. The van der Waals surface area contributed by atoms with Gasteiger partial charge in [0.2, 0.25) is 0 Å². The third kappa shape index (κ3) is 3.31. The van der Waals surface area contributed by atoms with Crippen molar-refractivity contribution in [3.05, 3.63) is 57.7 Å². The summed E-state index contributed by atoms with van der Waals surface area (Å²) in [5, 5.41) is 12.2. The Balaban J connectivity index is 1.54. The number of carbonyl (C=O) groups excluding carboxylic acids is 2. The lowest BCUT2D eigenvalue weighted by Gasteiger charge is -2.29. The third-order valence-electron chi connectivity index (χ3n) is 4.77. The summed E-state index contributed by atoms with van der Waals surface area (Å²) in [5.74, 6) is -2.21. The zero-order valence-electron chi connectivity index (χ0n) is 15.0. The number of esters is 1. The van der Waals surface area contributed by atoms with E-state index in [1.165, 1.54) is 23.9 Å². The number of pyridine rings is 1. The van der Waals surface area contributed by atoms with Crippen LogP contribution in [0.2, 0.25) is 0 Å². The molecule has 144 valence electrons. The molecule has 0 unspecified atom stereocenters. The summed E-state index contributed by atoms with van der Waals surface area (Å²) in [6.45, 7) is 2.53. The molecule has 0 saturated carbocycles. The fourth-order valence-electron chi connectivity index (χ4n) is 3.33. The average Bonchev–Trinajstić information content (AvgIpc) is 3.14. The maximum Gasteiger partial charge on any atom is 0.343 e. The number of thiophene rings is 1. The zero-order chi connectivity index (χ0) is 19.8. The molecule has 3 heterocycles. The largest absolute Gasteiger partial charge is 0.505 e. The molecule has 1 aromatic carbocycles. The highest BCUT2D eigenvalue weighted by Crippen LogP contribution is 2.28. The minimum Gasteiger partial charge on any atom is -0.505 e. The quantitative estimate of drug-likeness (QED) is 0.683. The van der Waals surface area contributed by atoms with Gasteiger partial charge < -0.3 is 14.7 Å². The van der Waals surface area contributed by atoms with E-state index >= 15 is 0 Å². The van der Waals surface area contributed by atoms with Gasteiger partial charge in [-0.2, -0.15) is 0 Å². The van der Waals surface area contributed by atoms with Crippen LogP contribution in [0.15, 0.2) is 35.8 Å². The highest BCUT2D eigenvalue weighted by Gasteiger charge is 2.29. The number of fused-ring (bicyclic) bond motifs is 2. The molecule has 0 aliphatic carbocycles. The van der Waals surface area contributed by atoms with Crippen LogP contribution in [0.1, 0.15) is 27.7 Å². The fourth-order valence-corrected chi connectivity index (χ4v) is 4.22. The predicted molar refractivity (Wildman–Crippen MR) is 102 cm³/mol. The summed E-state index contributed by atoms with van der Waals surface area (Å²) < 4.78 is 18.9. The molecule has 6 nitrogen and oxygen atoms in total. The van der Waals surface area contributed by atoms with Gasteiger partial charge >= 0.3 is 5.97 Å². The first-order chi connectivity index (χ1) is 13.4. The van der Waals surface area contributed by atoms with Crippen LogP contribution in [0.25, 0.3) is 10.9 Å². The van der Waals surface area contributed by atoms with Gasteiger partial charge in [0.05, 0.1) is 11.7 Å². The second kappa shape index (κ2) is 7.20.